The van der Waals surface area contributed by atoms with Gasteiger partial charge in [-0.3, -0.25) is 0 Å². The number of rotatable bonds is 3. The number of fused-ring (bicyclic) bond motifs is 1. The first-order valence-electron chi connectivity index (χ1n) is 7.86. The van der Waals surface area contributed by atoms with Crippen LogP contribution in [-0.2, 0) is 11.2 Å². The minimum absolute atomic E-state index is 0.344. The summed E-state index contributed by atoms with van der Waals surface area (Å²) in [5, 5.41) is 0. The zero-order valence-corrected chi connectivity index (χ0v) is 13.6. The molecule has 0 aromatic heterocycles. The fraction of sp³-hybridized carbons (Fsp3) is 0.500. The lowest BCUT2D eigenvalue weighted by atomic mass is 10.0. The molecule has 1 aromatic carbocycles. The Morgan fingerprint density at radius 2 is 2.04 bits per heavy atom. The predicted octanol–water partition coefficient (Wildman–Crippen LogP) is 3.87. The zero-order valence-electron chi connectivity index (χ0n) is 13.6. The van der Waals surface area contributed by atoms with E-state index in [1.165, 1.54) is 7.11 Å². The molecule has 0 saturated carbocycles. The molecule has 4 nitrogen and oxygen atoms in total. The molecule has 5 heteroatoms. The summed E-state index contributed by atoms with van der Waals surface area (Å²) in [6.07, 6.45) is 7.24. The molecule has 126 valence electrons. The summed E-state index contributed by atoms with van der Waals surface area (Å²) >= 11 is 0. The Morgan fingerprint density at radius 3 is 2.74 bits per heavy atom. The highest BCUT2D eigenvalue weighted by molar-refractivity contribution is 5.94. The van der Waals surface area contributed by atoms with Crippen molar-refractivity contribution in [1.29, 1.82) is 0 Å². The molecule has 2 rings (SSSR count). The lowest BCUT2D eigenvalue weighted by Gasteiger charge is -2.19. The first-order chi connectivity index (χ1) is 11.2. The Hall–Kier alpha value is -2.04. The number of alkyl halides is 1. The number of halogens is 1. The molecule has 0 saturated heterocycles. The average molecular weight is 322 g/mol. The van der Waals surface area contributed by atoms with E-state index < -0.39 is 18.7 Å². The highest BCUT2D eigenvalue weighted by atomic mass is 19.1. The molecule has 0 bridgehead atoms. The number of carbonyl (C=O) groups is 1. The second-order valence-electron chi connectivity index (χ2n) is 5.51. The molecule has 0 N–H and O–H groups in total. The van der Waals surface area contributed by atoms with E-state index in [0.717, 1.165) is 24.8 Å². The maximum Gasteiger partial charge on any atom is 0.342 e. The van der Waals surface area contributed by atoms with Crippen molar-refractivity contribution in [3.05, 3.63) is 35.4 Å². The van der Waals surface area contributed by atoms with E-state index >= 15 is 0 Å². The quantitative estimate of drug-likeness (QED) is 0.626. The number of allylic oxidation sites excluding steroid dienone is 2. The highest BCUT2D eigenvalue weighted by Crippen LogP contribution is 2.31. The summed E-state index contributed by atoms with van der Waals surface area (Å²) in [6.45, 7) is -0.671. The average Bonchev–Trinajstić information content (AvgIpc) is 2.57. The number of carbonyl (C=O) groups excluding carboxylic acids is 1. The number of cyclic esters (lactones) is 1. The molecule has 1 heterocycles. The van der Waals surface area contributed by atoms with Gasteiger partial charge >= 0.3 is 5.97 Å². The summed E-state index contributed by atoms with van der Waals surface area (Å²) in [7, 11) is 3.05. The third kappa shape index (κ3) is 4.47. The molecule has 1 aromatic rings. The van der Waals surface area contributed by atoms with Gasteiger partial charge in [0.25, 0.3) is 0 Å². The van der Waals surface area contributed by atoms with Gasteiger partial charge in [-0.05, 0) is 43.7 Å². The van der Waals surface area contributed by atoms with Crippen LogP contribution in [0.4, 0.5) is 4.39 Å². The van der Waals surface area contributed by atoms with E-state index in [9.17, 15) is 9.18 Å². The largest absolute Gasteiger partial charge is 0.497 e. The molecular formula is C18H23FO4. The van der Waals surface area contributed by atoms with Gasteiger partial charge in [0, 0.05) is 6.07 Å². The lowest BCUT2D eigenvalue weighted by molar-refractivity contribution is 0.0208. The Labute approximate surface area is 136 Å². The van der Waals surface area contributed by atoms with E-state index in [1.54, 1.807) is 19.2 Å². The van der Waals surface area contributed by atoms with Gasteiger partial charge in [-0.1, -0.05) is 12.2 Å². The van der Waals surface area contributed by atoms with Gasteiger partial charge in [-0.15, -0.1) is 0 Å². The maximum absolute atomic E-state index is 13.1. The van der Waals surface area contributed by atoms with Crippen LogP contribution < -0.4 is 9.47 Å². The van der Waals surface area contributed by atoms with Crippen molar-refractivity contribution in [1.82, 2.24) is 0 Å². The van der Waals surface area contributed by atoms with Gasteiger partial charge in [-0.25, -0.2) is 9.18 Å². The molecule has 0 fully saturated rings. The van der Waals surface area contributed by atoms with Crippen LogP contribution >= 0.6 is 0 Å². The maximum atomic E-state index is 13.1. The van der Waals surface area contributed by atoms with Crippen molar-refractivity contribution in [3.8, 4) is 11.5 Å². The number of benzene rings is 1. The van der Waals surface area contributed by atoms with Crippen molar-refractivity contribution >= 4 is 5.97 Å². The van der Waals surface area contributed by atoms with Gasteiger partial charge in [0.2, 0.25) is 0 Å². The Kier molecular flexibility index (Phi) is 6.44. The van der Waals surface area contributed by atoms with E-state index in [2.05, 4.69) is 6.08 Å². The number of esters is 1. The molecule has 0 radical (unpaired) electrons. The number of hydrogen-bond acceptors (Lipinski definition) is 4. The predicted molar refractivity (Wildman–Crippen MR) is 86.0 cm³/mol. The first kappa shape index (κ1) is 17.3. The number of methoxy groups -OCH3 is 2. The Balaban J connectivity index is 2.44. The smallest absolute Gasteiger partial charge is 0.342 e. The van der Waals surface area contributed by atoms with Crippen LogP contribution in [0, 0.1) is 0 Å². The molecule has 23 heavy (non-hydrogen) atoms. The topological polar surface area (TPSA) is 44.8 Å². The SMILES string of the molecule is COc1cc2c(c(OC)c1)C(=O)OC(CF)CCCC/C=C/C2. The summed E-state index contributed by atoms with van der Waals surface area (Å²) in [4.78, 5) is 12.5. The minimum atomic E-state index is -0.703. The van der Waals surface area contributed by atoms with Crippen LogP contribution in [-0.4, -0.2) is 33.0 Å². The third-order valence-electron chi connectivity index (χ3n) is 3.91. The first-order valence-corrected chi connectivity index (χ1v) is 7.86. The number of hydrogen-bond donors (Lipinski definition) is 0. The van der Waals surface area contributed by atoms with Crippen molar-refractivity contribution in [3.63, 3.8) is 0 Å². The van der Waals surface area contributed by atoms with Crippen LogP contribution in [0.25, 0.3) is 0 Å². The Bertz CT molecular complexity index is 568. The lowest BCUT2D eigenvalue weighted by Crippen LogP contribution is -2.22. The Morgan fingerprint density at radius 1 is 1.22 bits per heavy atom. The molecule has 1 aliphatic rings. The second-order valence-corrected chi connectivity index (χ2v) is 5.51. The van der Waals surface area contributed by atoms with E-state index in [1.807, 2.05) is 6.08 Å². The monoisotopic (exact) mass is 322 g/mol. The fourth-order valence-corrected chi connectivity index (χ4v) is 2.66. The van der Waals surface area contributed by atoms with Crippen molar-refractivity contribution in [2.75, 3.05) is 20.9 Å². The molecule has 1 aliphatic heterocycles. The van der Waals surface area contributed by atoms with Gasteiger partial charge in [0.15, 0.2) is 0 Å². The van der Waals surface area contributed by atoms with E-state index in [4.69, 9.17) is 14.2 Å². The summed E-state index contributed by atoms with van der Waals surface area (Å²) in [5.74, 6) is 0.444. The molecule has 0 spiro atoms. The van der Waals surface area contributed by atoms with Crippen LogP contribution in [0.3, 0.4) is 0 Å². The molecule has 0 amide bonds. The van der Waals surface area contributed by atoms with Gasteiger partial charge in [-0.2, -0.15) is 0 Å². The zero-order chi connectivity index (χ0) is 16.7. The number of ether oxygens (including phenoxy) is 3. The van der Waals surface area contributed by atoms with Crippen molar-refractivity contribution < 1.29 is 23.4 Å². The van der Waals surface area contributed by atoms with Crippen LogP contribution in [0.2, 0.25) is 0 Å². The van der Waals surface area contributed by atoms with Gasteiger partial charge in [0.05, 0.1) is 14.2 Å². The molecule has 1 atom stereocenters. The van der Waals surface area contributed by atoms with Gasteiger partial charge in [0.1, 0.15) is 29.8 Å². The summed E-state index contributed by atoms with van der Waals surface area (Å²) in [5.41, 5.74) is 1.10. The van der Waals surface area contributed by atoms with Gasteiger partial charge < -0.3 is 14.2 Å². The minimum Gasteiger partial charge on any atom is -0.497 e. The standard InChI is InChI=1S/C18H23FO4/c1-21-15-10-13-8-6-4-3-5-7-9-14(12-19)23-18(20)17(13)16(11-15)22-2/h4,6,10-11,14H,3,5,7-9,12H2,1-2H3/b6-4+. The van der Waals surface area contributed by atoms with Crippen LogP contribution in [0.15, 0.2) is 24.3 Å². The van der Waals surface area contributed by atoms with E-state index in [0.29, 0.717) is 29.9 Å². The van der Waals surface area contributed by atoms with Crippen LogP contribution in [0.1, 0.15) is 41.6 Å². The molecule has 0 aliphatic carbocycles. The third-order valence-corrected chi connectivity index (χ3v) is 3.91. The summed E-state index contributed by atoms with van der Waals surface area (Å²) < 4.78 is 29.0. The molecule has 1 unspecified atom stereocenters. The second kappa shape index (κ2) is 8.56. The van der Waals surface area contributed by atoms with E-state index in [-0.39, 0.29) is 0 Å². The normalized spacial score (nSPS) is 20.5. The van der Waals surface area contributed by atoms with Crippen LogP contribution in [0.5, 0.6) is 11.5 Å². The van der Waals surface area contributed by atoms with Crippen molar-refractivity contribution in [2.24, 2.45) is 0 Å². The summed E-state index contributed by atoms with van der Waals surface area (Å²) in [6, 6.07) is 3.43. The highest BCUT2D eigenvalue weighted by Gasteiger charge is 2.23. The fourth-order valence-electron chi connectivity index (χ4n) is 2.66. The van der Waals surface area contributed by atoms with Crippen molar-refractivity contribution in [2.45, 2.75) is 38.2 Å². The molecular weight excluding hydrogens is 299 g/mol.